The Hall–Kier alpha value is -3.08. The molecular weight excluding hydrogens is 296 g/mol. The summed E-state index contributed by atoms with van der Waals surface area (Å²) in [6.07, 6.45) is 0.751. The number of aliphatic carboxylic acids is 2. The second-order valence-electron chi connectivity index (χ2n) is 5.26. The molecule has 1 aliphatic rings. The summed E-state index contributed by atoms with van der Waals surface area (Å²) in [6, 6.07) is 16.1. The molecule has 0 fully saturated rings. The van der Waals surface area contributed by atoms with Crippen LogP contribution in [0.3, 0.4) is 0 Å². The van der Waals surface area contributed by atoms with Crippen LogP contribution >= 0.6 is 0 Å². The maximum atomic E-state index is 11.8. The van der Waals surface area contributed by atoms with E-state index < -0.39 is 17.4 Å². The SMILES string of the molecule is O=C(O)C=C(C(=O)O)C1(c2ccccc2)COc2ccccc21. The minimum Gasteiger partial charge on any atom is -0.492 e. The Bertz CT molecular complexity index is 794. The van der Waals surface area contributed by atoms with Gasteiger partial charge in [-0.2, -0.15) is 0 Å². The maximum absolute atomic E-state index is 11.8. The van der Waals surface area contributed by atoms with Gasteiger partial charge in [-0.25, -0.2) is 9.59 Å². The van der Waals surface area contributed by atoms with E-state index in [1.165, 1.54) is 0 Å². The van der Waals surface area contributed by atoms with E-state index in [0.29, 0.717) is 16.9 Å². The number of para-hydroxylation sites is 1. The summed E-state index contributed by atoms with van der Waals surface area (Å²) in [7, 11) is 0. The van der Waals surface area contributed by atoms with E-state index in [2.05, 4.69) is 0 Å². The molecule has 5 nitrogen and oxygen atoms in total. The number of hydrogen-bond donors (Lipinski definition) is 2. The predicted octanol–water partition coefficient (Wildman–Crippen LogP) is 2.46. The lowest BCUT2D eigenvalue weighted by molar-refractivity contribution is -0.135. The zero-order chi connectivity index (χ0) is 16.4. The molecule has 2 aromatic rings. The average molecular weight is 310 g/mol. The third-order valence-electron chi connectivity index (χ3n) is 4.02. The molecule has 1 atom stereocenters. The van der Waals surface area contributed by atoms with Gasteiger partial charge in [-0.1, -0.05) is 48.5 Å². The Morgan fingerprint density at radius 2 is 1.65 bits per heavy atom. The zero-order valence-electron chi connectivity index (χ0n) is 12.1. The normalized spacial score (nSPS) is 19.7. The van der Waals surface area contributed by atoms with Gasteiger partial charge in [0, 0.05) is 11.6 Å². The van der Waals surface area contributed by atoms with Gasteiger partial charge in [-0.05, 0) is 11.6 Å². The van der Waals surface area contributed by atoms with Gasteiger partial charge in [0.25, 0.3) is 0 Å². The highest BCUT2D eigenvalue weighted by Gasteiger charge is 2.48. The van der Waals surface area contributed by atoms with E-state index in [1.54, 1.807) is 48.5 Å². The molecule has 0 spiro atoms. The van der Waals surface area contributed by atoms with Crippen molar-refractivity contribution in [1.29, 1.82) is 0 Å². The highest BCUT2D eigenvalue weighted by Crippen LogP contribution is 2.48. The molecule has 3 rings (SSSR count). The molecule has 0 aliphatic carbocycles. The summed E-state index contributed by atoms with van der Waals surface area (Å²) in [5.74, 6) is -2.02. The van der Waals surface area contributed by atoms with Crippen LogP contribution in [0.15, 0.2) is 66.2 Å². The third-order valence-corrected chi connectivity index (χ3v) is 4.02. The first-order chi connectivity index (χ1) is 11.1. The van der Waals surface area contributed by atoms with Crippen molar-refractivity contribution in [3.05, 3.63) is 77.4 Å². The van der Waals surface area contributed by atoms with Gasteiger partial charge in [-0.15, -0.1) is 0 Å². The summed E-state index contributed by atoms with van der Waals surface area (Å²) in [4.78, 5) is 23.0. The second kappa shape index (κ2) is 5.61. The molecule has 1 unspecified atom stereocenters. The number of carbonyl (C=O) groups is 2. The minimum absolute atomic E-state index is 0.0434. The Balaban J connectivity index is 2.33. The van der Waals surface area contributed by atoms with Crippen molar-refractivity contribution in [3.8, 4) is 5.75 Å². The fraction of sp³-hybridized carbons (Fsp3) is 0.111. The zero-order valence-corrected chi connectivity index (χ0v) is 12.1. The molecule has 1 heterocycles. The highest BCUT2D eigenvalue weighted by molar-refractivity contribution is 5.98. The fourth-order valence-corrected chi connectivity index (χ4v) is 3.04. The van der Waals surface area contributed by atoms with Gasteiger partial charge in [0.2, 0.25) is 0 Å². The monoisotopic (exact) mass is 310 g/mol. The van der Waals surface area contributed by atoms with Crippen LogP contribution in [0.5, 0.6) is 5.75 Å². The number of carboxylic acid groups (broad SMARTS) is 2. The van der Waals surface area contributed by atoms with Gasteiger partial charge >= 0.3 is 11.9 Å². The van der Waals surface area contributed by atoms with Crippen molar-refractivity contribution >= 4 is 11.9 Å². The quantitative estimate of drug-likeness (QED) is 0.848. The van der Waals surface area contributed by atoms with Crippen molar-refractivity contribution in [1.82, 2.24) is 0 Å². The standard InChI is InChI=1S/C18H14O5/c19-16(20)10-14(17(21)22)18(12-6-2-1-3-7-12)11-23-15-9-5-4-8-13(15)18/h1-10H,11H2,(H,19,20)(H,21,22). The topological polar surface area (TPSA) is 83.8 Å². The van der Waals surface area contributed by atoms with E-state index in [4.69, 9.17) is 9.84 Å². The molecular formula is C18H14O5. The summed E-state index contributed by atoms with van der Waals surface area (Å²) in [5.41, 5.74) is -0.0377. The fourth-order valence-electron chi connectivity index (χ4n) is 3.04. The highest BCUT2D eigenvalue weighted by atomic mass is 16.5. The van der Waals surface area contributed by atoms with Crippen LogP contribution in [0.4, 0.5) is 0 Å². The van der Waals surface area contributed by atoms with Crippen LogP contribution < -0.4 is 4.74 Å². The Morgan fingerprint density at radius 1 is 1.00 bits per heavy atom. The molecule has 116 valence electrons. The lowest BCUT2D eigenvalue weighted by Gasteiger charge is -2.29. The lowest BCUT2D eigenvalue weighted by atomic mass is 9.70. The van der Waals surface area contributed by atoms with Gasteiger partial charge < -0.3 is 14.9 Å². The lowest BCUT2D eigenvalue weighted by Crippen LogP contribution is -2.36. The number of benzene rings is 2. The summed E-state index contributed by atoms with van der Waals surface area (Å²) in [5, 5.41) is 18.8. The third kappa shape index (κ3) is 2.36. The number of fused-ring (bicyclic) bond motifs is 1. The molecule has 23 heavy (non-hydrogen) atoms. The molecule has 0 bridgehead atoms. The van der Waals surface area contributed by atoms with Crippen LogP contribution in [0, 0.1) is 0 Å². The van der Waals surface area contributed by atoms with Crippen molar-refractivity contribution in [3.63, 3.8) is 0 Å². The van der Waals surface area contributed by atoms with Crippen LogP contribution in [0.25, 0.3) is 0 Å². The first-order valence-corrected chi connectivity index (χ1v) is 7.02. The number of rotatable bonds is 4. The van der Waals surface area contributed by atoms with E-state index >= 15 is 0 Å². The molecule has 5 heteroatoms. The number of ether oxygens (including phenoxy) is 1. The van der Waals surface area contributed by atoms with Crippen LogP contribution in [0.1, 0.15) is 11.1 Å². The van der Waals surface area contributed by atoms with E-state index in [-0.39, 0.29) is 12.2 Å². The molecule has 0 aromatic heterocycles. The van der Waals surface area contributed by atoms with Crippen molar-refractivity contribution < 1.29 is 24.5 Å². The Morgan fingerprint density at radius 3 is 2.30 bits per heavy atom. The summed E-state index contributed by atoms with van der Waals surface area (Å²) < 4.78 is 5.68. The van der Waals surface area contributed by atoms with Crippen LogP contribution in [-0.4, -0.2) is 28.8 Å². The maximum Gasteiger partial charge on any atom is 0.333 e. The Labute approximate surface area is 132 Å². The Kier molecular flexibility index (Phi) is 3.62. The predicted molar refractivity (Wildman–Crippen MR) is 82.5 cm³/mol. The molecule has 0 radical (unpaired) electrons. The van der Waals surface area contributed by atoms with Crippen molar-refractivity contribution in [2.75, 3.05) is 6.61 Å². The van der Waals surface area contributed by atoms with E-state index in [0.717, 1.165) is 6.08 Å². The average Bonchev–Trinajstić information content (AvgIpc) is 2.93. The smallest absolute Gasteiger partial charge is 0.333 e. The van der Waals surface area contributed by atoms with Gasteiger partial charge in [0.15, 0.2) is 0 Å². The summed E-state index contributed by atoms with van der Waals surface area (Å²) in [6.45, 7) is 0.0434. The second-order valence-corrected chi connectivity index (χ2v) is 5.26. The molecule has 0 amide bonds. The first kappa shape index (κ1) is 14.8. The van der Waals surface area contributed by atoms with E-state index in [9.17, 15) is 14.7 Å². The van der Waals surface area contributed by atoms with Gasteiger partial charge in [0.1, 0.15) is 12.4 Å². The first-order valence-electron chi connectivity index (χ1n) is 7.02. The van der Waals surface area contributed by atoms with E-state index in [1.807, 2.05) is 6.07 Å². The molecule has 0 saturated carbocycles. The van der Waals surface area contributed by atoms with Crippen LogP contribution in [0.2, 0.25) is 0 Å². The molecule has 0 saturated heterocycles. The largest absolute Gasteiger partial charge is 0.492 e. The summed E-state index contributed by atoms with van der Waals surface area (Å²) >= 11 is 0. The number of hydrogen-bond acceptors (Lipinski definition) is 3. The number of carboxylic acids is 2. The van der Waals surface area contributed by atoms with Crippen molar-refractivity contribution in [2.45, 2.75) is 5.41 Å². The minimum atomic E-state index is -1.30. The van der Waals surface area contributed by atoms with Crippen LogP contribution in [-0.2, 0) is 15.0 Å². The molecule has 2 N–H and O–H groups in total. The molecule has 1 aliphatic heterocycles. The molecule has 2 aromatic carbocycles. The van der Waals surface area contributed by atoms with Gasteiger partial charge in [0.05, 0.1) is 11.0 Å². The van der Waals surface area contributed by atoms with Gasteiger partial charge in [-0.3, -0.25) is 0 Å². The van der Waals surface area contributed by atoms with Crippen molar-refractivity contribution in [2.24, 2.45) is 0 Å².